The molecule has 1 aromatic carbocycles. The normalized spacial score (nSPS) is 20.0. The molecule has 0 saturated carbocycles. The molecule has 1 unspecified atom stereocenters. The average molecular weight is 320 g/mol. The topological polar surface area (TPSA) is 25.2 Å². The van der Waals surface area contributed by atoms with E-state index in [0.717, 1.165) is 16.7 Å². The van der Waals surface area contributed by atoms with Crippen LogP contribution in [0.25, 0.3) is 0 Å². The molecule has 0 aliphatic heterocycles. The highest BCUT2D eigenvalue weighted by Gasteiger charge is 2.23. The lowest BCUT2D eigenvalue weighted by Crippen LogP contribution is -2.27. The Morgan fingerprint density at radius 3 is 2.84 bits per heavy atom. The number of aryl methyl sites for hydroxylation is 1. The fourth-order valence-corrected chi connectivity index (χ4v) is 3.07. The highest BCUT2D eigenvalue weighted by Crippen LogP contribution is 2.32. The monoisotopic (exact) mass is 319 g/mol. The summed E-state index contributed by atoms with van der Waals surface area (Å²) in [5.74, 6) is 1.16. The van der Waals surface area contributed by atoms with E-state index in [0.29, 0.717) is 12.1 Å². The van der Waals surface area contributed by atoms with Crippen molar-refractivity contribution in [3.05, 3.63) is 58.0 Å². The van der Waals surface area contributed by atoms with Gasteiger partial charge in [0.25, 0.3) is 0 Å². The molecule has 2 atom stereocenters. The number of halogens is 1. The SMILES string of the molecule is C[C@H](NC1CCCc2occc21)c1ccc(Br)cc1. The van der Waals surface area contributed by atoms with E-state index in [2.05, 4.69) is 58.5 Å². The highest BCUT2D eigenvalue weighted by molar-refractivity contribution is 9.10. The predicted molar refractivity (Wildman–Crippen MR) is 80.1 cm³/mol. The van der Waals surface area contributed by atoms with Gasteiger partial charge in [-0.15, -0.1) is 0 Å². The van der Waals surface area contributed by atoms with Crippen LogP contribution in [0.15, 0.2) is 45.5 Å². The first-order valence-electron chi connectivity index (χ1n) is 6.82. The average Bonchev–Trinajstić information content (AvgIpc) is 2.89. The van der Waals surface area contributed by atoms with Crippen molar-refractivity contribution in [2.75, 3.05) is 0 Å². The maximum Gasteiger partial charge on any atom is 0.108 e. The van der Waals surface area contributed by atoms with Gasteiger partial charge >= 0.3 is 0 Å². The molecule has 0 saturated heterocycles. The molecule has 3 rings (SSSR count). The summed E-state index contributed by atoms with van der Waals surface area (Å²) in [5.41, 5.74) is 2.66. The molecular weight excluding hydrogens is 302 g/mol. The maximum absolute atomic E-state index is 5.54. The van der Waals surface area contributed by atoms with Crippen LogP contribution in [0, 0.1) is 0 Å². The second-order valence-electron chi connectivity index (χ2n) is 5.18. The molecular formula is C16H18BrNO. The number of fused-ring (bicyclic) bond motifs is 1. The van der Waals surface area contributed by atoms with Gasteiger partial charge in [0.05, 0.1) is 6.26 Å². The number of benzene rings is 1. The smallest absolute Gasteiger partial charge is 0.108 e. The molecule has 1 N–H and O–H groups in total. The zero-order valence-electron chi connectivity index (χ0n) is 11.0. The van der Waals surface area contributed by atoms with Crippen LogP contribution >= 0.6 is 15.9 Å². The highest BCUT2D eigenvalue weighted by atomic mass is 79.9. The minimum Gasteiger partial charge on any atom is -0.469 e. The van der Waals surface area contributed by atoms with Crippen LogP contribution in [0.3, 0.4) is 0 Å². The lowest BCUT2D eigenvalue weighted by molar-refractivity contribution is 0.385. The van der Waals surface area contributed by atoms with Crippen molar-refractivity contribution in [2.45, 2.75) is 38.3 Å². The van der Waals surface area contributed by atoms with Crippen LogP contribution in [-0.4, -0.2) is 0 Å². The third kappa shape index (κ3) is 2.77. The molecule has 0 spiro atoms. The Morgan fingerprint density at radius 2 is 2.05 bits per heavy atom. The second-order valence-corrected chi connectivity index (χ2v) is 6.10. The largest absolute Gasteiger partial charge is 0.469 e. The van der Waals surface area contributed by atoms with Crippen molar-refractivity contribution >= 4 is 15.9 Å². The van der Waals surface area contributed by atoms with Crippen LogP contribution in [0.1, 0.15) is 48.7 Å². The van der Waals surface area contributed by atoms with E-state index in [1.54, 1.807) is 0 Å². The minimum absolute atomic E-state index is 0.346. The Labute approximate surface area is 122 Å². The number of rotatable bonds is 3. The van der Waals surface area contributed by atoms with E-state index < -0.39 is 0 Å². The molecule has 1 aromatic heterocycles. The summed E-state index contributed by atoms with van der Waals surface area (Å²) in [7, 11) is 0. The Bertz CT molecular complexity index is 546. The molecule has 1 aliphatic rings. The lowest BCUT2D eigenvalue weighted by atomic mass is 9.92. The summed E-state index contributed by atoms with van der Waals surface area (Å²) in [4.78, 5) is 0. The second kappa shape index (κ2) is 5.51. The van der Waals surface area contributed by atoms with E-state index >= 15 is 0 Å². The van der Waals surface area contributed by atoms with Gasteiger partial charge in [0.2, 0.25) is 0 Å². The quantitative estimate of drug-likeness (QED) is 0.881. The van der Waals surface area contributed by atoms with Gasteiger partial charge < -0.3 is 9.73 Å². The molecule has 0 amide bonds. The fraction of sp³-hybridized carbons (Fsp3) is 0.375. The summed E-state index contributed by atoms with van der Waals surface area (Å²) in [6, 6.07) is 11.4. The standard InChI is InChI=1S/C16H18BrNO/c1-11(12-5-7-13(17)8-6-12)18-15-3-2-4-16-14(15)9-10-19-16/h5-11,15,18H,2-4H2,1H3/t11-,15?/m0/s1. The third-order valence-electron chi connectivity index (χ3n) is 3.87. The van der Waals surface area contributed by atoms with Crippen LogP contribution in [0.2, 0.25) is 0 Å². The van der Waals surface area contributed by atoms with E-state index in [4.69, 9.17) is 4.42 Å². The van der Waals surface area contributed by atoms with Crippen LogP contribution in [0.5, 0.6) is 0 Å². The van der Waals surface area contributed by atoms with E-state index in [-0.39, 0.29) is 0 Å². The van der Waals surface area contributed by atoms with E-state index in [9.17, 15) is 0 Å². The van der Waals surface area contributed by atoms with Crippen molar-refractivity contribution in [1.29, 1.82) is 0 Å². The third-order valence-corrected chi connectivity index (χ3v) is 4.40. The Balaban J connectivity index is 1.74. The number of hydrogen-bond acceptors (Lipinski definition) is 2. The zero-order valence-corrected chi connectivity index (χ0v) is 12.6. The summed E-state index contributed by atoms with van der Waals surface area (Å²) in [6.45, 7) is 2.22. The Morgan fingerprint density at radius 1 is 1.26 bits per heavy atom. The first-order chi connectivity index (χ1) is 9.24. The van der Waals surface area contributed by atoms with Gasteiger partial charge in [-0.1, -0.05) is 28.1 Å². The number of furan rings is 1. The van der Waals surface area contributed by atoms with Gasteiger partial charge in [0.1, 0.15) is 5.76 Å². The van der Waals surface area contributed by atoms with Gasteiger partial charge in [-0.05, 0) is 43.5 Å². The van der Waals surface area contributed by atoms with Crippen molar-refractivity contribution in [1.82, 2.24) is 5.32 Å². The molecule has 2 nitrogen and oxygen atoms in total. The van der Waals surface area contributed by atoms with E-state index in [1.165, 1.54) is 24.0 Å². The predicted octanol–water partition coefficient (Wildman–Crippen LogP) is 4.77. The van der Waals surface area contributed by atoms with Crippen molar-refractivity contribution in [2.24, 2.45) is 0 Å². The molecule has 0 fully saturated rings. The lowest BCUT2D eigenvalue weighted by Gasteiger charge is -2.26. The van der Waals surface area contributed by atoms with Gasteiger partial charge in [-0.25, -0.2) is 0 Å². The van der Waals surface area contributed by atoms with Gasteiger partial charge in [0.15, 0.2) is 0 Å². The molecule has 2 aromatic rings. The molecule has 1 aliphatic carbocycles. The summed E-state index contributed by atoms with van der Waals surface area (Å²) < 4.78 is 6.67. The molecule has 3 heteroatoms. The minimum atomic E-state index is 0.346. The first-order valence-corrected chi connectivity index (χ1v) is 7.61. The zero-order chi connectivity index (χ0) is 13.2. The number of nitrogens with one attached hydrogen (secondary N) is 1. The Kier molecular flexibility index (Phi) is 3.76. The van der Waals surface area contributed by atoms with Crippen molar-refractivity contribution < 1.29 is 4.42 Å². The summed E-state index contributed by atoms with van der Waals surface area (Å²) in [5, 5.41) is 3.72. The molecule has 1 heterocycles. The van der Waals surface area contributed by atoms with Gasteiger partial charge in [-0.3, -0.25) is 0 Å². The molecule has 0 bridgehead atoms. The van der Waals surface area contributed by atoms with E-state index in [1.807, 2.05) is 6.26 Å². The van der Waals surface area contributed by atoms with Crippen molar-refractivity contribution in [3.63, 3.8) is 0 Å². The molecule has 19 heavy (non-hydrogen) atoms. The summed E-state index contributed by atoms with van der Waals surface area (Å²) in [6.07, 6.45) is 5.28. The van der Waals surface area contributed by atoms with Crippen LogP contribution in [-0.2, 0) is 6.42 Å². The molecule has 100 valence electrons. The Hall–Kier alpha value is -1.06. The molecule has 0 radical (unpaired) electrons. The maximum atomic E-state index is 5.54. The first kappa shape index (κ1) is 12.9. The van der Waals surface area contributed by atoms with Gasteiger partial charge in [0, 0.05) is 28.5 Å². The van der Waals surface area contributed by atoms with Crippen LogP contribution in [0.4, 0.5) is 0 Å². The van der Waals surface area contributed by atoms with Gasteiger partial charge in [-0.2, -0.15) is 0 Å². The summed E-state index contributed by atoms with van der Waals surface area (Å²) >= 11 is 3.48. The van der Waals surface area contributed by atoms with Crippen LogP contribution < -0.4 is 5.32 Å². The fourth-order valence-electron chi connectivity index (χ4n) is 2.81. The van der Waals surface area contributed by atoms with Crippen molar-refractivity contribution in [3.8, 4) is 0 Å². The number of hydrogen-bond donors (Lipinski definition) is 1.